The Labute approximate surface area is 206 Å². The van der Waals surface area contributed by atoms with Gasteiger partial charge in [-0.3, -0.25) is 14.4 Å². The molecule has 0 heterocycles. The van der Waals surface area contributed by atoms with Crippen LogP contribution in [-0.4, -0.2) is 64.6 Å². The lowest BCUT2D eigenvalue weighted by Gasteiger charge is -2.26. The Morgan fingerprint density at radius 2 is 1.57 bits per heavy atom. The third kappa shape index (κ3) is 10.3. The third-order valence-corrected chi connectivity index (χ3v) is 5.84. The highest BCUT2D eigenvalue weighted by Crippen LogP contribution is 2.13. The highest BCUT2D eigenvalue weighted by atomic mass is 16.4. The molecule has 35 heavy (non-hydrogen) atoms. The molecule has 1 aromatic carbocycles. The number of carboxylic acids is 1. The van der Waals surface area contributed by atoms with Crippen molar-refractivity contribution in [3.8, 4) is 5.75 Å². The van der Waals surface area contributed by atoms with Gasteiger partial charge in [-0.25, -0.2) is 4.79 Å². The van der Waals surface area contributed by atoms with Crippen molar-refractivity contribution < 1.29 is 29.4 Å². The second kappa shape index (κ2) is 14.9. The van der Waals surface area contributed by atoms with Gasteiger partial charge in [-0.2, -0.15) is 0 Å². The van der Waals surface area contributed by atoms with Gasteiger partial charge in [0.1, 0.15) is 23.9 Å². The molecule has 196 valence electrons. The largest absolute Gasteiger partial charge is 0.508 e. The van der Waals surface area contributed by atoms with Gasteiger partial charge >= 0.3 is 5.97 Å². The van der Waals surface area contributed by atoms with Crippen LogP contribution in [0.5, 0.6) is 5.75 Å². The summed E-state index contributed by atoms with van der Waals surface area (Å²) in [5.74, 6) is -3.25. The van der Waals surface area contributed by atoms with Crippen LogP contribution in [0.2, 0.25) is 0 Å². The second-order valence-corrected chi connectivity index (χ2v) is 8.76. The van der Waals surface area contributed by atoms with Gasteiger partial charge in [0, 0.05) is 6.42 Å². The number of nitrogens with one attached hydrogen (secondary N) is 3. The van der Waals surface area contributed by atoms with E-state index in [0.717, 1.165) is 6.42 Å². The quantitative estimate of drug-likeness (QED) is 0.166. The number of aliphatic carboxylic acids is 1. The van der Waals surface area contributed by atoms with Crippen LogP contribution in [-0.2, 0) is 25.6 Å². The zero-order valence-corrected chi connectivity index (χ0v) is 20.6. The molecule has 1 rings (SSSR count). The maximum absolute atomic E-state index is 13.0. The Morgan fingerprint density at radius 3 is 2.11 bits per heavy atom. The predicted molar refractivity (Wildman–Crippen MR) is 131 cm³/mol. The molecule has 5 atom stereocenters. The first-order chi connectivity index (χ1) is 16.5. The second-order valence-electron chi connectivity index (χ2n) is 8.76. The normalized spacial score (nSPS) is 15.2. The lowest BCUT2D eigenvalue weighted by Crippen LogP contribution is -2.57. The van der Waals surface area contributed by atoms with Crippen molar-refractivity contribution in [2.24, 2.45) is 17.4 Å². The molecule has 0 saturated heterocycles. The number of unbranched alkanes of at least 4 members (excludes halogenated alkanes) is 1. The molecule has 11 heteroatoms. The van der Waals surface area contributed by atoms with Gasteiger partial charge < -0.3 is 37.6 Å². The summed E-state index contributed by atoms with van der Waals surface area (Å²) in [5.41, 5.74) is 12.0. The fraction of sp³-hybridized carbons (Fsp3) is 0.583. The number of benzene rings is 1. The van der Waals surface area contributed by atoms with Crippen LogP contribution in [0.3, 0.4) is 0 Å². The summed E-state index contributed by atoms with van der Waals surface area (Å²) in [5, 5.41) is 26.7. The number of aromatic hydroxyl groups is 1. The number of rotatable bonds is 15. The Morgan fingerprint density at radius 1 is 0.943 bits per heavy atom. The summed E-state index contributed by atoms with van der Waals surface area (Å²) in [6, 6.07) is 2.06. The lowest BCUT2D eigenvalue weighted by molar-refractivity contribution is -0.143. The molecule has 0 spiro atoms. The number of carbonyl (C=O) groups is 4. The average molecular weight is 494 g/mol. The summed E-state index contributed by atoms with van der Waals surface area (Å²) in [6.07, 6.45) is 2.42. The first-order valence-electron chi connectivity index (χ1n) is 11.9. The van der Waals surface area contributed by atoms with E-state index in [0.29, 0.717) is 31.4 Å². The maximum atomic E-state index is 13.0. The number of carbonyl (C=O) groups excluding carboxylic acids is 3. The molecule has 0 aliphatic heterocycles. The van der Waals surface area contributed by atoms with Crippen LogP contribution in [0.4, 0.5) is 0 Å². The average Bonchev–Trinajstić information content (AvgIpc) is 2.82. The van der Waals surface area contributed by atoms with Gasteiger partial charge in [0.05, 0.1) is 6.04 Å². The van der Waals surface area contributed by atoms with E-state index in [1.54, 1.807) is 19.1 Å². The van der Waals surface area contributed by atoms with Gasteiger partial charge in [0.25, 0.3) is 0 Å². The first-order valence-corrected chi connectivity index (χ1v) is 11.9. The Balaban J connectivity index is 2.94. The Kier molecular flexibility index (Phi) is 12.7. The van der Waals surface area contributed by atoms with Crippen LogP contribution in [0.1, 0.15) is 52.0 Å². The summed E-state index contributed by atoms with van der Waals surface area (Å²) in [7, 11) is 0. The summed E-state index contributed by atoms with van der Waals surface area (Å²) >= 11 is 0. The minimum atomic E-state index is -1.17. The van der Waals surface area contributed by atoms with Gasteiger partial charge in [0.2, 0.25) is 17.7 Å². The zero-order valence-electron chi connectivity index (χ0n) is 20.6. The molecule has 0 aromatic heterocycles. The van der Waals surface area contributed by atoms with Crippen LogP contribution in [0.15, 0.2) is 24.3 Å². The van der Waals surface area contributed by atoms with Crippen LogP contribution in [0, 0.1) is 5.92 Å². The molecule has 0 fully saturated rings. The summed E-state index contributed by atoms with van der Waals surface area (Å²) in [4.78, 5) is 49.8. The topological polar surface area (TPSA) is 197 Å². The van der Waals surface area contributed by atoms with Crippen molar-refractivity contribution in [2.75, 3.05) is 6.54 Å². The standard InChI is InChI=1S/C24H39N5O6/c1-4-14(2)20(24(34)35)29-23(33)19(13-16-8-10-17(30)11-9-16)28-21(31)15(3)27-22(32)18(26)7-5-6-12-25/h8-11,14-15,18-20,30H,4-7,12-13,25-26H2,1-3H3,(H,27,32)(H,28,31)(H,29,33)(H,34,35). The smallest absolute Gasteiger partial charge is 0.326 e. The molecule has 0 aliphatic carbocycles. The third-order valence-electron chi connectivity index (χ3n) is 5.84. The molecule has 5 unspecified atom stereocenters. The van der Waals surface area contributed by atoms with E-state index in [-0.39, 0.29) is 18.1 Å². The van der Waals surface area contributed by atoms with Gasteiger partial charge in [-0.15, -0.1) is 0 Å². The fourth-order valence-corrected chi connectivity index (χ4v) is 3.34. The molecule has 9 N–H and O–H groups in total. The van der Waals surface area contributed by atoms with Crippen LogP contribution >= 0.6 is 0 Å². The van der Waals surface area contributed by atoms with E-state index in [1.165, 1.54) is 19.1 Å². The number of hydrogen-bond acceptors (Lipinski definition) is 7. The number of phenolic OH excluding ortho intramolecular Hbond substituents is 1. The van der Waals surface area contributed by atoms with Crippen molar-refractivity contribution in [1.82, 2.24) is 16.0 Å². The summed E-state index contributed by atoms with van der Waals surface area (Å²) in [6.45, 7) is 5.49. The molecule has 0 bridgehead atoms. The molecule has 0 saturated carbocycles. The lowest BCUT2D eigenvalue weighted by atomic mass is 9.98. The highest BCUT2D eigenvalue weighted by Gasteiger charge is 2.31. The van der Waals surface area contributed by atoms with Crippen molar-refractivity contribution in [2.45, 2.75) is 77.0 Å². The van der Waals surface area contributed by atoms with E-state index in [1.807, 2.05) is 6.92 Å². The fourth-order valence-electron chi connectivity index (χ4n) is 3.34. The molecule has 0 radical (unpaired) electrons. The van der Waals surface area contributed by atoms with Crippen LogP contribution in [0.25, 0.3) is 0 Å². The highest BCUT2D eigenvalue weighted by molar-refractivity contribution is 5.94. The van der Waals surface area contributed by atoms with Crippen molar-refractivity contribution in [3.05, 3.63) is 29.8 Å². The predicted octanol–water partition coefficient (Wildman–Crippen LogP) is -0.00400. The Bertz CT molecular complexity index is 847. The van der Waals surface area contributed by atoms with Crippen molar-refractivity contribution >= 4 is 23.7 Å². The number of hydrogen-bond donors (Lipinski definition) is 7. The molecule has 3 amide bonds. The van der Waals surface area contributed by atoms with E-state index in [9.17, 15) is 29.4 Å². The van der Waals surface area contributed by atoms with Gasteiger partial charge in [-0.05, 0) is 49.9 Å². The number of nitrogens with two attached hydrogens (primary N) is 2. The zero-order chi connectivity index (χ0) is 26.5. The molecule has 11 nitrogen and oxygen atoms in total. The molecule has 0 aliphatic rings. The molecular formula is C24H39N5O6. The van der Waals surface area contributed by atoms with Crippen LogP contribution < -0.4 is 27.4 Å². The molecular weight excluding hydrogens is 454 g/mol. The van der Waals surface area contributed by atoms with E-state index in [2.05, 4.69) is 16.0 Å². The minimum absolute atomic E-state index is 0.0423. The van der Waals surface area contributed by atoms with Gasteiger partial charge in [0.15, 0.2) is 0 Å². The Hall–Kier alpha value is -3.18. The number of amides is 3. The summed E-state index contributed by atoms with van der Waals surface area (Å²) < 4.78 is 0. The van der Waals surface area contributed by atoms with Crippen molar-refractivity contribution in [1.29, 1.82) is 0 Å². The van der Waals surface area contributed by atoms with E-state index < -0.39 is 47.9 Å². The minimum Gasteiger partial charge on any atom is -0.508 e. The monoisotopic (exact) mass is 493 g/mol. The maximum Gasteiger partial charge on any atom is 0.326 e. The van der Waals surface area contributed by atoms with Gasteiger partial charge in [-0.1, -0.05) is 38.8 Å². The number of phenols is 1. The first kappa shape index (κ1) is 29.9. The number of carboxylic acid groups (broad SMARTS) is 1. The SMILES string of the molecule is CCC(C)C(NC(=O)C(Cc1ccc(O)cc1)NC(=O)C(C)NC(=O)C(N)CCCCN)C(=O)O. The van der Waals surface area contributed by atoms with E-state index >= 15 is 0 Å². The molecule has 1 aromatic rings. The van der Waals surface area contributed by atoms with Crippen molar-refractivity contribution in [3.63, 3.8) is 0 Å². The van der Waals surface area contributed by atoms with E-state index in [4.69, 9.17) is 11.5 Å².